The van der Waals surface area contributed by atoms with Gasteiger partial charge in [0, 0.05) is 12.6 Å². The molecule has 1 aromatic heterocycles. The molecule has 78 valence electrons. The number of hydrogen-bond acceptors (Lipinski definition) is 3. The summed E-state index contributed by atoms with van der Waals surface area (Å²) in [5.74, 6) is 0.137. The summed E-state index contributed by atoms with van der Waals surface area (Å²) in [6.07, 6.45) is 3.37. The standard InChI is InChI=1S/C10H16N2O2/c1-2-4-8(7-11)12-10(13)9-5-3-6-14-9/h3,5-6,8H,2,4,7,11H2,1H3,(H,12,13). The van der Waals surface area contributed by atoms with Crippen LogP contribution in [0.4, 0.5) is 0 Å². The minimum absolute atomic E-state index is 0.0394. The normalized spacial score (nSPS) is 12.4. The Hall–Kier alpha value is -1.29. The number of rotatable bonds is 5. The van der Waals surface area contributed by atoms with Gasteiger partial charge in [0.05, 0.1) is 6.26 Å². The van der Waals surface area contributed by atoms with E-state index in [-0.39, 0.29) is 11.9 Å². The molecule has 1 amide bonds. The smallest absolute Gasteiger partial charge is 0.287 e. The van der Waals surface area contributed by atoms with E-state index >= 15 is 0 Å². The minimum Gasteiger partial charge on any atom is -0.459 e. The highest BCUT2D eigenvalue weighted by atomic mass is 16.3. The lowest BCUT2D eigenvalue weighted by atomic mass is 10.1. The quantitative estimate of drug-likeness (QED) is 0.742. The first-order chi connectivity index (χ1) is 6.77. The molecule has 4 nitrogen and oxygen atoms in total. The Labute approximate surface area is 83.5 Å². The third kappa shape index (κ3) is 2.88. The second kappa shape index (κ2) is 5.44. The van der Waals surface area contributed by atoms with Crippen LogP contribution in [0.5, 0.6) is 0 Å². The van der Waals surface area contributed by atoms with Crippen LogP contribution in [0.3, 0.4) is 0 Å². The lowest BCUT2D eigenvalue weighted by molar-refractivity contribution is 0.0908. The molecule has 3 N–H and O–H groups in total. The lowest BCUT2D eigenvalue weighted by Gasteiger charge is -2.14. The van der Waals surface area contributed by atoms with E-state index < -0.39 is 0 Å². The average Bonchev–Trinajstić information content (AvgIpc) is 2.69. The van der Waals surface area contributed by atoms with Crippen molar-refractivity contribution in [1.29, 1.82) is 0 Å². The SMILES string of the molecule is CCCC(CN)NC(=O)c1ccco1. The molecule has 0 saturated carbocycles. The fraction of sp³-hybridized carbons (Fsp3) is 0.500. The van der Waals surface area contributed by atoms with Gasteiger partial charge < -0.3 is 15.5 Å². The molecular weight excluding hydrogens is 180 g/mol. The molecule has 4 heteroatoms. The number of nitrogens with one attached hydrogen (secondary N) is 1. The molecule has 1 aromatic rings. The van der Waals surface area contributed by atoms with Gasteiger partial charge in [-0.1, -0.05) is 13.3 Å². The van der Waals surface area contributed by atoms with Gasteiger partial charge in [-0.15, -0.1) is 0 Å². The predicted octanol–water partition coefficient (Wildman–Crippen LogP) is 1.14. The van der Waals surface area contributed by atoms with Crippen molar-refractivity contribution in [2.75, 3.05) is 6.54 Å². The largest absolute Gasteiger partial charge is 0.459 e. The van der Waals surface area contributed by atoms with Gasteiger partial charge in [0.2, 0.25) is 0 Å². The van der Waals surface area contributed by atoms with Crippen LogP contribution in [0.2, 0.25) is 0 Å². The molecular formula is C10H16N2O2. The summed E-state index contributed by atoms with van der Waals surface area (Å²) in [5, 5.41) is 2.81. The van der Waals surface area contributed by atoms with Crippen LogP contribution < -0.4 is 11.1 Å². The second-order valence-electron chi connectivity index (χ2n) is 3.17. The Morgan fingerprint density at radius 3 is 3.00 bits per heavy atom. The Balaban J connectivity index is 2.47. The zero-order chi connectivity index (χ0) is 10.4. The zero-order valence-corrected chi connectivity index (χ0v) is 8.32. The summed E-state index contributed by atoms with van der Waals surface area (Å²) in [5.41, 5.74) is 5.52. The monoisotopic (exact) mass is 196 g/mol. The minimum atomic E-state index is -0.195. The number of carbonyl (C=O) groups is 1. The average molecular weight is 196 g/mol. The van der Waals surface area contributed by atoms with Gasteiger partial charge in [0.25, 0.3) is 5.91 Å². The first-order valence-corrected chi connectivity index (χ1v) is 4.82. The Morgan fingerprint density at radius 2 is 2.50 bits per heavy atom. The van der Waals surface area contributed by atoms with E-state index in [9.17, 15) is 4.79 Å². The second-order valence-corrected chi connectivity index (χ2v) is 3.17. The summed E-state index contributed by atoms with van der Waals surface area (Å²) in [6.45, 7) is 2.52. The Morgan fingerprint density at radius 1 is 1.71 bits per heavy atom. The van der Waals surface area contributed by atoms with E-state index in [1.165, 1.54) is 6.26 Å². The Bertz CT molecular complexity index is 270. The molecule has 0 radical (unpaired) electrons. The fourth-order valence-corrected chi connectivity index (χ4v) is 1.26. The van der Waals surface area contributed by atoms with Gasteiger partial charge >= 0.3 is 0 Å². The highest BCUT2D eigenvalue weighted by Crippen LogP contribution is 2.01. The van der Waals surface area contributed by atoms with Crippen molar-refractivity contribution < 1.29 is 9.21 Å². The number of amides is 1. The molecule has 0 bridgehead atoms. The van der Waals surface area contributed by atoms with E-state index in [0.717, 1.165) is 12.8 Å². The molecule has 0 aromatic carbocycles. The van der Waals surface area contributed by atoms with E-state index in [4.69, 9.17) is 10.2 Å². The van der Waals surface area contributed by atoms with Crippen molar-refractivity contribution in [1.82, 2.24) is 5.32 Å². The first kappa shape index (κ1) is 10.8. The van der Waals surface area contributed by atoms with Crippen LogP contribution in [0.1, 0.15) is 30.3 Å². The van der Waals surface area contributed by atoms with Crippen molar-refractivity contribution in [2.24, 2.45) is 5.73 Å². The fourth-order valence-electron chi connectivity index (χ4n) is 1.26. The highest BCUT2D eigenvalue weighted by molar-refractivity contribution is 5.91. The summed E-state index contributed by atoms with van der Waals surface area (Å²) < 4.78 is 4.97. The topological polar surface area (TPSA) is 68.3 Å². The number of carbonyl (C=O) groups excluding carboxylic acids is 1. The molecule has 1 atom stereocenters. The van der Waals surface area contributed by atoms with Gasteiger partial charge in [-0.3, -0.25) is 4.79 Å². The first-order valence-electron chi connectivity index (χ1n) is 4.82. The van der Waals surface area contributed by atoms with Crippen LogP contribution >= 0.6 is 0 Å². The molecule has 1 heterocycles. The summed E-state index contributed by atoms with van der Waals surface area (Å²) >= 11 is 0. The molecule has 0 aliphatic heterocycles. The molecule has 0 saturated heterocycles. The van der Waals surface area contributed by atoms with Gasteiger partial charge in [0.15, 0.2) is 5.76 Å². The maximum Gasteiger partial charge on any atom is 0.287 e. The lowest BCUT2D eigenvalue weighted by Crippen LogP contribution is -2.39. The van der Waals surface area contributed by atoms with Crippen molar-refractivity contribution in [3.05, 3.63) is 24.2 Å². The number of furan rings is 1. The van der Waals surface area contributed by atoms with E-state index in [2.05, 4.69) is 12.2 Å². The van der Waals surface area contributed by atoms with Crippen LogP contribution in [-0.2, 0) is 0 Å². The van der Waals surface area contributed by atoms with Crippen LogP contribution in [0.25, 0.3) is 0 Å². The third-order valence-corrected chi connectivity index (χ3v) is 2.00. The predicted molar refractivity (Wildman–Crippen MR) is 53.9 cm³/mol. The maximum absolute atomic E-state index is 11.5. The van der Waals surface area contributed by atoms with E-state index in [0.29, 0.717) is 12.3 Å². The molecule has 0 fully saturated rings. The van der Waals surface area contributed by atoms with Crippen molar-refractivity contribution in [3.8, 4) is 0 Å². The van der Waals surface area contributed by atoms with Crippen LogP contribution in [-0.4, -0.2) is 18.5 Å². The maximum atomic E-state index is 11.5. The Kier molecular flexibility index (Phi) is 4.19. The van der Waals surface area contributed by atoms with Crippen molar-refractivity contribution in [2.45, 2.75) is 25.8 Å². The number of hydrogen-bond donors (Lipinski definition) is 2. The van der Waals surface area contributed by atoms with Gasteiger partial charge in [-0.2, -0.15) is 0 Å². The molecule has 0 aliphatic rings. The highest BCUT2D eigenvalue weighted by Gasteiger charge is 2.13. The summed E-state index contributed by atoms with van der Waals surface area (Å²) in [7, 11) is 0. The molecule has 14 heavy (non-hydrogen) atoms. The molecule has 1 rings (SSSR count). The number of nitrogens with two attached hydrogens (primary N) is 1. The van der Waals surface area contributed by atoms with Crippen molar-refractivity contribution >= 4 is 5.91 Å². The van der Waals surface area contributed by atoms with E-state index in [1.807, 2.05) is 0 Å². The van der Waals surface area contributed by atoms with Gasteiger partial charge in [-0.05, 0) is 18.6 Å². The summed E-state index contributed by atoms with van der Waals surface area (Å²) in [6, 6.07) is 3.36. The molecule has 0 aliphatic carbocycles. The van der Waals surface area contributed by atoms with Crippen LogP contribution in [0, 0.1) is 0 Å². The summed E-state index contributed by atoms with van der Waals surface area (Å²) in [4.78, 5) is 11.5. The van der Waals surface area contributed by atoms with Gasteiger partial charge in [0.1, 0.15) is 0 Å². The van der Waals surface area contributed by atoms with Gasteiger partial charge in [-0.25, -0.2) is 0 Å². The van der Waals surface area contributed by atoms with Crippen LogP contribution in [0.15, 0.2) is 22.8 Å². The third-order valence-electron chi connectivity index (χ3n) is 2.00. The zero-order valence-electron chi connectivity index (χ0n) is 8.32. The molecule has 1 unspecified atom stereocenters. The molecule has 0 spiro atoms. The van der Waals surface area contributed by atoms with E-state index in [1.54, 1.807) is 12.1 Å². The van der Waals surface area contributed by atoms with Crippen molar-refractivity contribution in [3.63, 3.8) is 0 Å².